The number of hydrogen-bond acceptors (Lipinski definition) is 4. The van der Waals surface area contributed by atoms with E-state index in [0.717, 1.165) is 0 Å². The fourth-order valence-corrected chi connectivity index (χ4v) is 2.20. The molecule has 2 aromatic rings. The van der Waals surface area contributed by atoms with E-state index in [0.29, 0.717) is 11.2 Å². The van der Waals surface area contributed by atoms with Crippen molar-refractivity contribution in [2.75, 3.05) is 11.4 Å². The lowest BCUT2D eigenvalue weighted by molar-refractivity contribution is -0.120. The van der Waals surface area contributed by atoms with Crippen molar-refractivity contribution in [1.82, 2.24) is 14.7 Å². The number of imide groups is 1. The van der Waals surface area contributed by atoms with E-state index in [1.165, 1.54) is 34.0 Å². The zero-order valence-electron chi connectivity index (χ0n) is 10.2. The lowest BCUT2D eigenvalue weighted by Gasteiger charge is -2.27. The number of carbonyl (C=O) groups is 3. The summed E-state index contributed by atoms with van der Waals surface area (Å²) in [6.07, 6.45) is 3.05. The molecular weight excluding hydrogens is 264 g/mol. The molecule has 1 fully saturated rings. The van der Waals surface area contributed by atoms with Gasteiger partial charge in [-0.2, -0.15) is 0 Å². The number of hydrogen-bond donors (Lipinski definition) is 2. The van der Waals surface area contributed by atoms with Crippen LogP contribution in [-0.4, -0.2) is 38.9 Å². The molecule has 8 heteroatoms. The van der Waals surface area contributed by atoms with Crippen molar-refractivity contribution in [2.24, 2.45) is 0 Å². The highest BCUT2D eigenvalue weighted by Crippen LogP contribution is 2.24. The summed E-state index contributed by atoms with van der Waals surface area (Å²) in [6.45, 7) is 0.248. The molecule has 1 aliphatic heterocycles. The summed E-state index contributed by atoms with van der Waals surface area (Å²) in [5.41, 5.74) is 1.06. The Labute approximate surface area is 112 Å². The van der Waals surface area contributed by atoms with Gasteiger partial charge >= 0.3 is 12.0 Å². The molecule has 8 nitrogen and oxygen atoms in total. The van der Waals surface area contributed by atoms with Crippen molar-refractivity contribution in [2.45, 2.75) is 6.42 Å². The molecular formula is C12H10N4O4. The maximum absolute atomic E-state index is 11.8. The van der Waals surface area contributed by atoms with E-state index in [-0.39, 0.29) is 24.6 Å². The van der Waals surface area contributed by atoms with E-state index in [2.05, 4.69) is 10.3 Å². The Bertz CT molecular complexity index is 736. The van der Waals surface area contributed by atoms with Crippen molar-refractivity contribution in [3.8, 4) is 0 Å². The standard InChI is InChI=1S/C12H10N4O4/c17-10-3-4-15(12(20)14-10)7-1-2-8(11(18)19)16-6-13-5-9(7)16/h1-2,5-6H,3-4H2,(H,18,19)(H,14,17,20). The first-order chi connectivity index (χ1) is 9.58. The smallest absolute Gasteiger partial charge is 0.352 e. The number of carbonyl (C=O) groups excluding carboxylic acids is 2. The van der Waals surface area contributed by atoms with Crippen molar-refractivity contribution in [1.29, 1.82) is 0 Å². The number of carboxylic acids is 1. The molecule has 0 unspecified atom stereocenters. The number of nitrogens with zero attached hydrogens (tertiary/aromatic N) is 3. The number of urea groups is 1. The number of imidazole rings is 1. The zero-order valence-corrected chi connectivity index (χ0v) is 10.2. The second-order valence-corrected chi connectivity index (χ2v) is 4.31. The molecule has 2 aromatic heterocycles. The lowest BCUT2D eigenvalue weighted by atomic mass is 10.2. The Kier molecular flexibility index (Phi) is 2.63. The molecule has 0 radical (unpaired) electrons. The van der Waals surface area contributed by atoms with Crippen LogP contribution in [0.3, 0.4) is 0 Å². The maximum atomic E-state index is 11.8. The van der Waals surface area contributed by atoms with Crippen LogP contribution >= 0.6 is 0 Å². The number of aromatic nitrogens is 2. The Hall–Kier alpha value is -2.90. The average Bonchev–Trinajstić information content (AvgIpc) is 2.87. The van der Waals surface area contributed by atoms with Crippen LogP contribution in [0.4, 0.5) is 10.5 Å². The quantitative estimate of drug-likeness (QED) is 0.828. The van der Waals surface area contributed by atoms with Gasteiger partial charge in [0.05, 0.1) is 23.7 Å². The van der Waals surface area contributed by atoms with Crippen molar-refractivity contribution in [3.63, 3.8) is 0 Å². The number of anilines is 1. The third kappa shape index (κ3) is 1.78. The summed E-state index contributed by atoms with van der Waals surface area (Å²) in [4.78, 5) is 39.4. The highest BCUT2D eigenvalue weighted by atomic mass is 16.4. The Morgan fingerprint density at radius 3 is 2.85 bits per heavy atom. The van der Waals surface area contributed by atoms with Gasteiger partial charge in [0.2, 0.25) is 5.91 Å². The van der Waals surface area contributed by atoms with Crippen molar-refractivity contribution >= 4 is 29.1 Å². The topological polar surface area (TPSA) is 104 Å². The van der Waals surface area contributed by atoms with Crippen LogP contribution in [0.15, 0.2) is 24.7 Å². The van der Waals surface area contributed by atoms with Gasteiger partial charge in [0.1, 0.15) is 5.69 Å². The highest BCUT2D eigenvalue weighted by molar-refractivity contribution is 6.07. The first-order valence-corrected chi connectivity index (χ1v) is 5.87. The second kappa shape index (κ2) is 4.34. The predicted molar refractivity (Wildman–Crippen MR) is 67.7 cm³/mol. The molecule has 1 aliphatic rings. The largest absolute Gasteiger partial charge is 0.477 e. The SMILES string of the molecule is O=C1CCN(c2ccc(C(=O)O)n3cncc23)C(=O)N1. The van der Waals surface area contributed by atoms with Crippen LogP contribution in [0.5, 0.6) is 0 Å². The van der Waals surface area contributed by atoms with E-state index >= 15 is 0 Å². The van der Waals surface area contributed by atoms with Crippen molar-refractivity contribution < 1.29 is 19.5 Å². The lowest BCUT2D eigenvalue weighted by Crippen LogP contribution is -2.49. The van der Waals surface area contributed by atoms with Crippen LogP contribution in [0, 0.1) is 0 Å². The Balaban J connectivity index is 2.11. The monoisotopic (exact) mass is 274 g/mol. The minimum absolute atomic E-state index is 0.0507. The molecule has 0 atom stereocenters. The van der Waals surface area contributed by atoms with Crippen molar-refractivity contribution in [3.05, 3.63) is 30.4 Å². The summed E-state index contributed by atoms with van der Waals surface area (Å²) >= 11 is 0. The molecule has 0 spiro atoms. The van der Waals surface area contributed by atoms with E-state index < -0.39 is 12.0 Å². The number of carboxylic acid groups (broad SMARTS) is 1. The Morgan fingerprint density at radius 2 is 2.15 bits per heavy atom. The molecule has 0 saturated carbocycles. The Morgan fingerprint density at radius 1 is 1.35 bits per heavy atom. The number of fused-ring (bicyclic) bond motifs is 1. The number of aromatic carboxylic acids is 1. The van der Waals surface area contributed by atoms with Gasteiger partial charge in [-0.25, -0.2) is 14.6 Å². The molecule has 0 aromatic carbocycles. The van der Waals surface area contributed by atoms with Gasteiger partial charge < -0.3 is 5.11 Å². The van der Waals surface area contributed by atoms with E-state index in [9.17, 15) is 14.4 Å². The van der Waals surface area contributed by atoms with E-state index in [1.807, 2.05) is 0 Å². The van der Waals surface area contributed by atoms with Gasteiger partial charge in [0.25, 0.3) is 0 Å². The van der Waals surface area contributed by atoms with Crippen LogP contribution in [0.2, 0.25) is 0 Å². The molecule has 3 rings (SSSR count). The van der Waals surface area contributed by atoms with E-state index in [1.54, 1.807) is 0 Å². The summed E-state index contributed by atoms with van der Waals surface area (Å²) in [5, 5.41) is 11.3. The van der Waals surface area contributed by atoms with Crippen LogP contribution < -0.4 is 10.2 Å². The van der Waals surface area contributed by atoms with Gasteiger partial charge in [-0.3, -0.25) is 19.4 Å². The maximum Gasteiger partial charge on any atom is 0.352 e. The van der Waals surface area contributed by atoms with Gasteiger partial charge in [0.15, 0.2) is 0 Å². The average molecular weight is 274 g/mol. The third-order valence-corrected chi connectivity index (χ3v) is 3.12. The summed E-state index contributed by atoms with van der Waals surface area (Å²) in [7, 11) is 0. The summed E-state index contributed by atoms with van der Waals surface area (Å²) in [5.74, 6) is -1.41. The van der Waals surface area contributed by atoms with Gasteiger partial charge in [-0.1, -0.05) is 0 Å². The van der Waals surface area contributed by atoms with Crippen LogP contribution in [0.25, 0.3) is 5.52 Å². The minimum Gasteiger partial charge on any atom is -0.477 e. The van der Waals surface area contributed by atoms with Gasteiger partial charge in [0, 0.05) is 13.0 Å². The third-order valence-electron chi connectivity index (χ3n) is 3.12. The number of amides is 3. The minimum atomic E-state index is -1.09. The van der Waals surface area contributed by atoms with Crippen LogP contribution in [-0.2, 0) is 4.79 Å². The molecule has 0 bridgehead atoms. The summed E-state index contributed by atoms with van der Waals surface area (Å²) < 4.78 is 1.39. The molecule has 2 N–H and O–H groups in total. The fraction of sp³-hybridized carbons (Fsp3) is 0.167. The molecule has 1 saturated heterocycles. The normalized spacial score (nSPS) is 15.5. The molecule has 3 amide bonds. The number of nitrogens with one attached hydrogen (secondary N) is 1. The zero-order chi connectivity index (χ0) is 14.3. The first kappa shape index (κ1) is 12.2. The van der Waals surface area contributed by atoms with Crippen LogP contribution in [0.1, 0.15) is 16.9 Å². The predicted octanol–water partition coefficient (Wildman–Crippen LogP) is 0.479. The molecule has 102 valence electrons. The fourth-order valence-electron chi connectivity index (χ4n) is 2.20. The number of rotatable bonds is 2. The molecule has 20 heavy (non-hydrogen) atoms. The first-order valence-electron chi connectivity index (χ1n) is 5.87. The van der Waals surface area contributed by atoms with E-state index in [4.69, 9.17) is 5.11 Å². The van der Waals surface area contributed by atoms with Gasteiger partial charge in [-0.15, -0.1) is 0 Å². The summed E-state index contributed by atoms with van der Waals surface area (Å²) in [6, 6.07) is 2.42. The molecule has 0 aliphatic carbocycles. The second-order valence-electron chi connectivity index (χ2n) is 4.31. The highest BCUT2D eigenvalue weighted by Gasteiger charge is 2.26. The van der Waals surface area contributed by atoms with Gasteiger partial charge in [-0.05, 0) is 12.1 Å². The number of pyridine rings is 1. The molecule has 3 heterocycles.